The van der Waals surface area contributed by atoms with Crippen LogP contribution in [0.4, 0.5) is 5.69 Å². The molecule has 1 amide bonds. The van der Waals surface area contributed by atoms with Crippen LogP contribution in [0.5, 0.6) is 5.75 Å². The average Bonchev–Trinajstić information content (AvgIpc) is 3.23. The number of carbonyl (C=O) groups is 1. The number of methoxy groups -OCH3 is 1. The molecule has 1 N–H and O–H groups in total. The monoisotopic (exact) mass is 329 g/mol. The largest absolute Gasteiger partial charge is 0.495 e. The van der Waals surface area contributed by atoms with Gasteiger partial charge in [-0.3, -0.25) is 4.79 Å². The molecule has 118 valence electrons. The lowest BCUT2D eigenvalue weighted by atomic mass is 10.2. The standard InChI is InChI=1S/C15H15N5O2S/c1-3-20-14(17-18-19-20)10-5-4-6-11(9-10)16-15(21)13-12(22-2)7-8-23-13/h4-9H,3H2,1-2H3,(H,16,21). The number of anilines is 1. The maximum absolute atomic E-state index is 12.3. The SMILES string of the molecule is CCn1nnnc1-c1cccc(NC(=O)c2sccc2OC)c1. The van der Waals surface area contributed by atoms with Crippen LogP contribution < -0.4 is 10.1 Å². The Kier molecular flexibility index (Phi) is 4.33. The number of tetrazole rings is 1. The number of hydrogen-bond acceptors (Lipinski definition) is 6. The zero-order chi connectivity index (χ0) is 16.2. The summed E-state index contributed by atoms with van der Waals surface area (Å²) in [6, 6.07) is 9.19. The molecule has 23 heavy (non-hydrogen) atoms. The highest BCUT2D eigenvalue weighted by molar-refractivity contribution is 7.12. The summed E-state index contributed by atoms with van der Waals surface area (Å²) in [5, 5.41) is 16.3. The van der Waals surface area contributed by atoms with Crippen LogP contribution in [-0.4, -0.2) is 33.2 Å². The van der Waals surface area contributed by atoms with Gasteiger partial charge in [0.05, 0.1) is 7.11 Å². The summed E-state index contributed by atoms with van der Waals surface area (Å²) in [5.41, 5.74) is 1.52. The number of aromatic nitrogens is 4. The van der Waals surface area contributed by atoms with Gasteiger partial charge in [-0.15, -0.1) is 16.4 Å². The van der Waals surface area contributed by atoms with Gasteiger partial charge in [0.1, 0.15) is 10.6 Å². The smallest absolute Gasteiger partial charge is 0.269 e. The van der Waals surface area contributed by atoms with Gasteiger partial charge in [0.2, 0.25) is 0 Å². The van der Waals surface area contributed by atoms with E-state index in [1.54, 1.807) is 17.9 Å². The highest BCUT2D eigenvalue weighted by atomic mass is 32.1. The van der Waals surface area contributed by atoms with Crippen molar-refractivity contribution in [3.63, 3.8) is 0 Å². The van der Waals surface area contributed by atoms with Crippen molar-refractivity contribution in [1.29, 1.82) is 0 Å². The van der Waals surface area contributed by atoms with Crippen molar-refractivity contribution >= 4 is 22.9 Å². The maximum Gasteiger partial charge on any atom is 0.269 e. The molecule has 0 fully saturated rings. The molecule has 7 nitrogen and oxygen atoms in total. The summed E-state index contributed by atoms with van der Waals surface area (Å²) >= 11 is 1.34. The quantitative estimate of drug-likeness (QED) is 0.778. The topological polar surface area (TPSA) is 81.9 Å². The minimum absolute atomic E-state index is 0.205. The zero-order valence-electron chi connectivity index (χ0n) is 12.7. The second kappa shape index (κ2) is 6.57. The van der Waals surface area contributed by atoms with Crippen molar-refractivity contribution in [3.05, 3.63) is 40.6 Å². The fourth-order valence-electron chi connectivity index (χ4n) is 2.17. The van der Waals surface area contributed by atoms with Crippen molar-refractivity contribution in [2.75, 3.05) is 12.4 Å². The van der Waals surface area contributed by atoms with Gasteiger partial charge in [-0.25, -0.2) is 4.68 Å². The molecule has 0 spiro atoms. The fraction of sp³-hybridized carbons (Fsp3) is 0.200. The number of thiophene rings is 1. The van der Waals surface area contributed by atoms with E-state index in [2.05, 4.69) is 20.8 Å². The van der Waals surface area contributed by atoms with Gasteiger partial charge in [0.25, 0.3) is 5.91 Å². The molecule has 1 aromatic carbocycles. The number of aryl methyl sites for hydroxylation is 1. The van der Waals surface area contributed by atoms with Gasteiger partial charge in [-0.2, -0.15) is 0 Å². The van der Waals surface area contributed by atoms with Crippen LogP contribution in [0.3, 0.4) is 0 Å². The first-order chi connectivity index (χ1) is 11.2. The highest BCUT2D eigenvalue weighted by Gasteiger charge is 2.15. The predicted octanol–water partition coefficient (Wildman–Crippen LogP) is 2.68. The number of carbonyl (C=O) groups excluding carboxylic acids is 1. The Morgan fingerprint density at radius 2 is 2.26 bits per heavy atom. The zero-order valence-corrected chi connectivity index (χ0v) is 13.5. The Balaban J connectivity index is 1.85. The van der Waals surface area contributed by atoms with Crippen molar-refractivity contribution in [2.45, 2.75) is 13.5 Å². The molecule has 2 heterocycles. The molecule has 3 rings (SSSR count). The summed E-state index contributed by atoms with van der Waals surface area (Å²) in [5.74, 6) is 1.03. The normalized spacial score (nSPS) is 10.5. The number of amides is 1. The molecule has 3 aromatic rings. The van der Waals surface area contributed by atoms with Gasteiger partial charge in [0.15, 0.2) is 5.82 Å². The van der Waals surface area contributed by atoms with Crippen molar-refractivity contribution in [2.24, 2.45) is 0 Å². The summed E-state index contributed by atoms with van der Waals surface area (Å²) in [6.07, 6.45) is 0. The first kappa shape index (κ1) is 15.2. The molecule has 0 unspecified atom stereocenters. The van der Waals surface area contributed by atoms with E-state index >= 15 is 0 Å². The highest BCUT2D eigenvalue weighted by Crippen LogP contribution is 2.26. The third-order valence-electron chi connectivity index (χ3n) is 3.27. The Morgan fingerprint density at radius 3 is 3.04 bits per heavy atom. The summed E-state index contributed by atoms with van der Waals surface area (Å²) in [6.45, 7) is 2.64. The number of benzene rings is 1. The average molecular weight is 329 g/mol. The summed E-state index contributed by atoms with van der Waals surface area (Å²) in [7, 11) is 1.55. The van der Waals surface area contributed by atoms with Crippen molar-refractivity contribution < 1.29 is 9.53 Å². The molecular formula is C15H15N5O2S. The number of rotatable bonds is 5. The number of hydrogen-bond donors (Lipinski definition) is 1. The number of ether oxygens (including phenoxy) is 1. The lowest BCUT2D eigenvalue weighted by Crippen LogP contribution is -2.11. The van der Waals surface area contributed by atoms with E-state index in [9.17, 15) is 4.79 Å². The molecule has 0 saturated heterocycles. The van der Waals surface area contributed by atoms with Gasteiger partial charge in [-0.1, -0.05) is 12.1 Å². The molecule has 0 aliphatic rings. The van der Waals surface area contributed by atoms with Crippen LogP contribution in [0.1, 0.15) is 16.6 Å². The van der Waals surface area contributed by atoms with Gasteiger partial charge >= 0.3 is 0 Å². The molecule has 0 atom stereocenters. The molecule has 2 aromatic heterocycles. The minimum atomic E-state index is -0.205. The molecular weight excluding hydrogens is 314 g/mol. The van der Waals surface area contributed by atoms with Crippen molar-refractivity contribution in [3.8, 4) is 17.1 Å². The van der Waals surface area contributed by atoms with Gasteiger partial charge in [0, 0.05) is 17.8 Å². The summed E-state index contributed by atoms with van der Waals surface area (Å²) in [4.78, 5) is 12.9. The Bertz CT molecular complexity index is 827. The van der Waals surface area contributed by atoms with Crippen LogP contribution in [0.25, 0.3) is 11.4 Å². The number of nitrogens with one attached hydrogen (secondary N) is 1. The van der Waals surface area contributed by atoms with Crippen LogP contribution in [0.2, 0.25) is 0 Å². The first-order valence-corrected chi connectivity index (χ1v) is 7.90. The second-order valence-corrected chi connectivity index (χ2v) is 5.59. The molecule has 0 aliphatic carbocycles. The maximum atomic E-state index is 12.3. The van der Waals surface area contributed by atoms with Crippen LogP contribution in [0.15, 0.2) is 35.7 Å². The van der Waals surface area contributed by atoms with Gasteiger partial charge in [-0.05, 0) is 40.9 Å². The molecule has 0 bridgehead atoms. The minimum Gasteiger partial charge on any atom is -0.495 e. The van der Waals surface area contributed by atoms with E-state index < -0.39 is 0 Å². The molecule has 8 heteroatoms. The van der Waals surface area contributed by atoms with E-state index in [1.807, 2.05) is 36.6 Å². The lowest BCUT2D eigenvalue weighted by Gasteiger charge is -2.07. The Labute approximate surface area is 136 Å². The van der Waals surface area contributed by atoms with Gasteiger partial charge < -0.3 is 10.1 Å². The van der Waals surface area contributed by atoms with E-state index in [4.69, 9.17) is 4.74 Å². The van der Waals surface area contributed by atoms with E-state index in [0.717, 1.165) is 5.56 Å². The lowest BCUT2D eigenvalue weighted by molar-refractivity contribution is 0.102. The fourth-order valence-corrected chi connectivity index (χ4v) is 2.93. The second-order valence-electron chi connectivity index (χ2n) is 4.67. The predicted molar refractivity (Wildman–Crippen MR) is 87.8 cm³/mol. The van der Waals surface area contributed by atoms with Crippen molar-refractivity contribution in [1.82, 2.24) is 20.2 Å². The Hall–Kier alpha value is -2.74. The van der Waals surface area contributed by atoms with Crippen LogP contribution in [-0.2, 0) is 6.54 Å². The van der Waals surface area contributed by atoms with Crippen LogP contribution in [0, 0.1) is 0 Å². The molecule has 0 aliphatic heterocycles. The van der Waals surface area contributed by atoms with E-state index in [-0.39, 0.29) is 5.91 Å². The number of nitrogens with zero attached hydrogens (tertiary/aromatic N) is 4. The summed E-state index contributed by atoms with van der Waals surface area (Å²) < 4.78 is 6.87. The molecule has 0 saturated carbocycles. The van der Waals surface area contributed by atoms with E-state index in [0.29, 0.717) is 28.7 Å². The van der Waals surface area contributed by atoms with Crippen LogP contribution >= 0.6 is 11.3 Å². The Morgan fingerprint density at radius 1 is 1.39 bits per heavy atom. The van der Waals surface area contributed by atoms with E-state index in [1.165, 1.54) is 11.3 Å². The third kappa shape index (κ3) is 3.07. The third-order valence-corrected chi connectivity index (χ3v) is 4.16. The first-order valence-electron chi connectivity index (χ1n) is 7.02. The molecule has 0 radical (unpaired) electrons.